The number of halogens is 1. The van der Waals surface area contributed by atoms with Gasteiger partial charge in [-0.25, -0.2) is 4.79 Å². The Hall–Kier alpha value is -2.39. The van der Waals surface area contributed by atoms with Gasteiger partial charge in [-0.2, -0.15) is 0 Å². The third-order valence-corrected chi connectivity index (χ3v) is 3.11. The van der Waals surface area contributed by atoms with E-state index < -0.39 is 5.97 Å². The highest BCUT2D eigenvalue weighted by Crippen LogP contribution is 2.18. The molecule has 0 radical (unpaired) electrons. The summed E-state index contributed by atoms with van der Waals surface area (Å²) in [5.74, 6) is -0.870. The molecule has 0 atom stereocenters. The predicted molar refractivity (Wildman–Crippen MR) is 82.6 cm³/mol. The molecule has 0 bridgehead atoms. The van der Waals surface area contributed by atoms with Gasteiger partial charge in [0.05, 0.1) is 12.7 Å². The summed E-state index contributed by atoms with van der Waals surface area (Å²) in [5, 5.41) is 0.388. The first-order chi connectivity index (χ1) is 10.1. The molecule has 0 unspecified atom stereocenters. The molecule has 0 amide bonds. The zero-order chi connectivity index (χ0) is 15.2. The van der Waals surface area contributed by atoms with E-state index in [-0.39, 0.29) is 16.9 Å². The third kappa shape index (κ3) is 3.80. The highest BCUT2D eigenvalue weighted by Gasteiger charge is 2.16. The Morgan fingerprint density at radius 2 is 1.76 bits per heavy atom. The zero-order valence-electron chi connectivity index (χ0n) is 11.4. The number of ketones is 1. The molecule has 0 N–H and O–H groups in total. The molecule has 0 heterocycles. The molecular weight excluding hydrogens is 288 g/mol. The van der Waals surface area contributed by atoms with Crippen molar-refractivity contribution in [2.24, 2.45) is 0 Å². The molecule has 0 saturated carbocycles. The van der Waals surface area contributed by atoms with Crippen LogP contribution in [0.5, 0.6) is 0 Å². The van der Waals surface area contributed by atoms with Crippen LogP contribution in [0.15, 0.2) is 54.6 Å². The van der Waals surface area contributed by atoms with Crippen LogP contribution >= 0.6 is 11.6 Å². The summed E-state index contributed by atoms with van der Waals surface area (Å²) < 4.78 is 4.67. The van der Waals surface area contributed by atoms with Crippen LogP contribution in [-0.2, 0) is 4.74 Å². The molecule has 4 heteroatoms. The average molecular weight is 301 g/mol. The topological polar surface area (TPSA) is 43.4 Å². The molecule has 3 nitrogen and oxygen atoms in total. The summed E-state index contributed by atoms with van der Waals surface area (Å²) in [4.78, 5) is 23.9. The van der Waals surface area contributed by atoms with E-state index in [4.69, 9.17) is 11.6 Å². The maximum Gasteiger partial charge on any atom is 0.338 e. The van der Waals surface area contributed by atoms with Crippen LogP contribution in [0.25, 0.3) is 6.08 Å². The third-order valence-electron chi connectivity index (χ3n) is 2.88. The smallest absolute Gasteiger partial charge is 0.338 e. The maximum atomic E-state index is 12.3. The molecule has 21 heavy (non-hydrogen) atoms. The van der Waals surface area contributed by atoms with Crippen LogP contribution in [0.3, 0.4) is 0 Å². The standard InChI is InChI=1S/C17H13ClO3/c1-21-17(20)14-9-8-13(18)11-15(14)16(19)10-7-12-5-3-2-4-6-12/h2-11H,1H3. The van der Waals surface area contributed by atoms with Gasteiger partial charge in [0.1, 0.15) is 0 Å². The quantitative estimate of drug-likeness (QED) is 0.486. The lowest BCUT2D eigenvalue weighted by atomic mass is 10.0. The van der Waals surface area contributed by atoms with Crippen molar-refractivity contribution in [2.45, 2.75) is 0 Å². The van der Waals surface area contributed by atoms with E-state index in [2.05, 4.69) is 4.74 Å². The van der Waals surface area contributed by atoms with E-state index in [1.807, 2.05) is 30.3 Å². The molecule has 0 spiro atoms. The normalized spacial score (nSPS) is 10.6. The van der Waals surface area contributed by atoms with Crippen molar-refractivity contribution in [3.05, 3.63) is 76.3 Å². The van der Waals surface area contributed by atoms with Gasteiger partial charge in [0.25, 0.3) is 0 Å². The van der Waals surface area contributed by atoms with Gasteiger partial charge in [0.15, 0.2) is 5.78 Å². The molecular formula is C17H13ClO3. The SMILES string of the molecule is COC(=O)c1ccc(Cl)cc1C(=O)C=Cc1ccccc1. The van der Waals surface area contributed by atoms with Gasteiger partial charge >= 0.3 is 5.97 Å². The second-order valence-corrected chi connectivity index (χ2v) is 4.73. The lowest BCUT2D eigenvalue weighted by molar-refractivity contribution is 0.0597. The highest BCUT2D eigenvalue weighted by molar-refractivity contribution is 6.31. The number of allylic oxidation sites excluding steroid dienone is 1. The number of methoxy groups -OCH3 is 1. The van der Waals surface area contributed by atoms with Crippen LogP contribution in [0.2, 0.25) is 5.02 Å². The number of rotatable bonds is 4. The monoisotopic (exact) mass is 300 g/mol. The summed E-state index contributed by atoms with van der Waals surface area (Å²) in [6.07, 6.45) is 3.09. The Labute approximate surface area is 127 Å². The van der Waals surface area contributed by atoms with E-state index in [0.29, 0.717) is 5.02 Å². The second kappa shape index (κ2) is 6.86. The number of benzene rings is 2. The van der Waals surface area contributed by atoms with Crippen LogP contribution in [0, 0.1) is 0 Å². The molecule has 0 saturated heterocycles. The van der Waals surface area contributed by atoms with Crippen molar-refractivity contribution < 1.29 is 14.3 Å². The first-order valence-electron chi connectivity index (χ1n) is 6.27. The molecule has 0 aromatic heterocycles. The van der Waals surface area contributed by atoms with E-state index in [1.54, 1.807) is 12.1 Å². The summed E-state index contributed by atoms with van der Waals surface area (Å²) in [6.45, 7) is 0. The van der Waals surface area contributed by atoms with E-state index in [1.165, 1.54) is 25.3 Å². The van der Waals surface area contributed by atoms with Gasteiger partial charge < -0.3 is 4.74 Å². The van der Waals surface area contributed by atoms with Crippen molar-refractivity contribution in [1.29, 1.82) is 0 Å². The lowest BCUT2D eigenvalue weighted by Gasteiger charge is -2.05. The lowest BCUT2D eigenvalue weighted by Crippen LogP contribution is -2.09. The number of ether oxygens (including phenoxy) is 1. The van der Waals surface area contributed by atoms with Crippen molar-refractivity contribution in [2.75, 3.05) is 7.11 Å². The fourth-order valence-electron chi connectivity index (χ4n) is 1.83. The van der Waals surface area contributed by atoms with Crippen molar-refractivity contribution in [3.63, 3.8) is 0 Å². The van der Waals surface area contributed by atoms with Crippen molar-refractivity contribution in [1.82, 2.24) is 0 Å². The molecule has 2 aromatic rings. The molecule has 2 aromatic carbocycles. The Bertz CT molecular complexity index is 690. The fourth-order valence-corrected chi connectivity index (χ4v) is 2.01. The molecule has 0 aliphatic heterocycles. The minimum absolute atomic E-state index is 0.199. The number of hydrogen-bond acceptors (Lipinski definition) is 3. The van der Waals surface area contributed by atoms with Gasteiger partial charge in [0, 0.05) is 10.6 Å². The van der Waals surface area contributed by atoms with Gasteiger partial charge in [-0.15, -0.1) is 0 Å². The number of carbonyl (C=O) groups excluding carboxylic acids is 2. The molecule has 2 rings (SSSR count). The summed E-state index contributed by atoms with van der Waals surface area (Å²) >= 11 is 5.90. The summed E-state index contributed by atoms with van der Waals surface area (Å²) in [6, 6.07) is 13.9. The fraction of sp³-hybridized carbons (Fsp3) is 0.0588. The van der Waals surface area contributed by atoms with E-state index in [0.717, 1.165) is 5.56 Å². The van der Waals surface area contributed by atoms with Crippen LogP contribution < -0.4 is 0 Å². The molecule has 106 valence electrons. The second-order valence-electron chi connectivity index (χ2n) is 4.29. The Morgan fingerprint density at radius 1 is 1.05 bits per heavy atom. The number of esters is 1. The maximum absolute atomic E-state index is 12.3. The first-order valence-corrected chi connectivity index (χ1v) is 6.65. The van der Waals surface area contributed by atoms with Crippen LogP contribution in [0.1, 0.15) is 26.3 Å². The minimum atomic E-state index is -0.567. The van der Waals surface area contributed by atoms with Crippen LogP contribution in [-0.4, -0.2) is 18.9 Å². The largest absolute Gasteiger partial charge is 0.465 e. The Kier molecular flexibility index (Phi) is 4.90. The molecule has 0 fully saturated rings. The molecule has 0 aliphatic rings. The number of carbonyl (C=O) groups is 2. The molecule has 0 aliphatic carbocycles. The Balaban J connectivity index is 2.32. The predicted octanol–water partition coefficient (Wildman–Crippen LogP) is 4.02. The highest BCUT2D eigenvalue weighted by atomic mass is 35.5. The number of hydrogen-bond donors (Lipinski definition) is 0. The van der Waals surface area contributed by atoms with Crippen LogP contribution in [0.4, 0.5) is 0 Å². The minimum Gasteiger partial charge on any atom is -0.465 e. The van der Waals surface area contributed by atoms with Gasteiger partial charge in [-0.05, 0) is 29.8 Å². The zero-order valence-corrected chi connectivity index (χ0v) is 12.1. The summed E-state index contributed by atoms with van der Waals surface area (Å²) in [7, 11) is 1.27. The van der Waals surface area contributed by atoms with Crippen molar-refractivity contribution >= 4 is 29.4 Å². The summed E-state index contributed by atoms with van der Waals surface area (Å²) in [5.41, 5.74) is 1.32. The Morgan fingerprint density at radius 3 is 2.43 bits per heavy atom. The van der Waals surface area contributed by atoms with E-state index in [9.17, 15) is 9.59 Å². The van der Waals surface area contributed by atoms with Gasteiger partial charge in [-0.1, -0.05) is 48.0 Å². The first kappa shape index (κ1) is 15.0. The van der Waals surface area contributed by atoms with Gasteiger partial charge in [-0.3, -0.25) is 4.79 Å². The van der Waals surface area contributed by atoms with E-state index >= 15 is 0 Å². The van der Waals surface area contributed by atoms with Gasteiger partial charge in [0.2, 0.25) is 0 Å². The van der Waals surface area contributed by atoms with Crippen molar-refractivity contribution in [3.8, 4) is 0 Å². The average Bonchev–Trinajstić information content (AvgIpc) is 2.52.